The lowest BCUT2D eigenvalue weighted by atomic mass is 10.2. The van der Waals surface area contributed by atoms with Gasteiger partial charge in [0, 0.05) is 11.8 Å². The van der Waals surface area contributed by atoms with Crippen LogP contribution in [0.3, 0.4) is 0 Å². The molecule has 0 aromatic carbocycles. The molecule has 0 amide bonds. The van der Waals surface area contributed by atoms with E-state index in [0.717, 1.165) is 12.3 Å². The van der Waals surface area contributed by atoms with Crippen molar-refractivity contribution in [2.24, 2.45) is 0 Å². The van der Waals surface area contributed by atoms with Gasteiger partial charge >= 0.3 is 0 Å². The predicted octanol–water partition coefficient (Wildman–Crippen LogP) is 1.22. The van der Waals surface area contributed by atoms with Gasteiger partial charge < -0.3 is 5.11 Å². The van der Waals surface area contributed by atoms with Crippen molar-refractivity contribution in [1.82, 2.24) is 4.98 Å². The van der Waals surface area contributed by atoms with Crippen molar-refractivity contribution in [3.63, 3.8) is 0 Å². The average molecular weight is 159 g/mol. The molecule has 1 rings (SSSR count). The summed E-state index contributed by atoms with van der Waals surface area (Å²) in [5, 5.41) is 8.87. The van der Waals surface area contributed by atoms with Crippen molar-refractivity contribution < 1.29 is 13.9 Å². The second kappa shape index (κ2) is 3.39. The molecule has 0 radical (unpaired) electrons. The minimum Gasteiger partial charge on any atom is -0.386 e. The number of aromatic nitrogens is 1. The van der Waals surface area contributed by atoms with Crippen LogP contribution in [-0.4, -0.2) is 16.8 Å². The molecule has 1 N–H and O–H groups in total. The van der Waals surface area contributed by atoms with E-state index in [1.54, 1.807) is 0 Å². The number of alkyl halides is 1. The summed E-state index contributed by atoms with van der Waals surface area (Å²) in [5.41, 5.74) is 0.160. The van der Waals surface area contributed by atoms with Crippen LogP contribution in [0.25, 0.3) is 0 Å². The summed E-state index contributed by atoms with van der Waals surface area (Å²) in [7, 11) is 0. The van der Waals surface area contributed by atoms with E-state index in [0.29, 0.717) is 0 Å². The molecule has 0 aliphatic heterocycles. The normalized spacial score (nSPS) is 13.0. The highest BCUT2D eigenvalue weighted by molar-refractivity contribution is 5.12. The van der Waals surface area contributed by atoms with Crippen molar-refractivity contribution in [2.45, 2.75) is 6.10 Å². The number of nitrogens with zero attached hydrogens (tertiary/aromatic N) is 1. The molecule has 60 valence electrons. The van der Waals surface area contributed by atoms with Gasteiger partial charge in [0.25, 0.3) is 0 Å². The fraction of sp³-hybridized carbons (Fsp3) is 0.286. The zero-order valence-electron chi connectivity index (χ0n) is 5.67. The smallest absolute Gasteiger partial charge is 0.141 e. The maximum absolute atomic E-state index is 12.4. The fourth-order valence-electron chi connectivity index (χ4n) is 0.700. The Kier molecular flexibility index (Phi) is 2.48. The first-order chi connectivity index (χ1) is 5.24. The van der Waals surface area contributed by atoms with Gasteiger partial charge in [-0.05, 0) is 6.07 Å². The van der Waals surface area contributed by atoms with E-state index >= 15 is 0 Å². The third-order valence-electron chi connectivity index (χ3n) is 1.26. The van der Waals surface area contributed by atoms with Crippen molar-refractivity contribution in [3.05, 3.63) is 29.8 Å². The molecular weight excluding hydrogens is 152 g/mol. The zero-order valence-corrected chi connectivity index (χ0v) is 5.67. The molecule has 0 saturated carbocycles. The average Bonchev–Trinajstić information content (AvgIpc) is 2.03. The topological polar surface area (TPSA) is 33.1 Å². The Morgan fingerprint density at radius 2 is 2.27 bits per heavy atom. The Balaban J connectivity index is 2.86. The summed E-state index contributed by atoms with van der Waals surface area (Å²) in [6, 6.07) is 1.05. The van der Waals surface area contributed by atoms with Crippen LogP contribution in [0.15, 0.2) is 18.5 Å². The van der Waals surface area contributed by atoms with Crippen LogP contribution in [0.1, 0.15) is 11.7 Å². The molecule has 1 unspecified atom stereocenters. The molecule has 1 atom stereocenters. The van der Waals surface area contributed by atoms with Crippen molar-refractivity contribution in [1.29, 1.82) is 0 Å². The summed E-state index contributed by atoms with van der Waals surface area (Å²) in [4.78, 5) is 3.45. The van der Waals surface area contributed by atoms with Gasteiger partial charge in [-0.15, -0.1) is 0 Å². The monoisotopic (exact) mass is 159 g/mol. The summed E-state index contributed by atoms with van der Waals surface area (Å²) >= 11 is 0. The summed E-state index contributed by atoms with van der Waals surface area (Å²) in [6.07, 6.45) is 0.958. The lowest BCUT2D eigenvalue weighted by molar-refractivity contribution is 0.141. The van der Waals surface area contributed by atoms with Gasteiger partial charge in [0.1, 0.15) is 18.6 Å². The van der Waals surface area contributed by atoms with Crippen LogP contribution in [-0.2, 0) is 0 Å². The van der Waals surface area contributed by atoms with Crippen LogP contribution >= 0.6 is 0 Å². The number of hydrogen-bond acceptors (Lipinski definition) is 2. The third kappa shape index (κ3) is 1.94. The Morgan fingerprint density at radius 1 is 1.55 bits per heavy atom. The van der Waals surface area contributed by atoms with Crippen LogP contribution in [0.2, 0.25) is 0 Å². The molecule has 0 saturated heterocycles. The highest BCUT2D eigenvalue weighted by Crippen LogP contribution is 2.12. The van der Waals surface area contributed by atoms with Crippen LogP contribution in [0.4, 0.5) is 8.78 Å². The van der Waals surface area contributed by atoms with Gasteiger partial charge in [-0.25, -0.2) is 8.78 Å². The van der Waals surface area contributed by atoms with Crippen LogP contribution in [0.5, 0.6) is 0 Å². The van der Waals surface area contributed by atoms with Gasteiger partial charge in [0.15, 0.2) is 0 Å². The SMILES string of the molecule is OC(CF)c1cncc(F)c1. The molecule has 4 heteroatoms. The minimum atomic E-state index is -1.27. The molecule has 0 spiro atoms. The number of aliphatic hydroxyl groups excluding tert-OH is 1. The molecule has 0 bridgehead atoms. The quantitative estimate of drug-likeness (QED) is 0.703. The predicted molar refractivity (Wildman–Crippen MR) is 35.1 cm³/mol. The van der Waals surface area contributed by atoms with E-state index in [1.165, 1.54) is 6.20 Å². The van der Waals surface area contributed by atoms with E-state index in [-0.39, 0.29) is 5.56 Å². The lowest BCUT2D eigenvalue weighted by Gasteiger charge is -2.03. The second-order valence-corrected chi connectivity index (χ2v) is 2.11. The second-order valence-electron chi connectivity index (χ2n) is 2.11. The van der Waals surface area contributed by atoms with Crippen molar-refractivity contribution in [2.75, 3.05) is 6.67 Å². The first-order valence-electron chi connectivity index (χ1n) is 3.08. The zero-order chi connectivity index (χ0) is 8.27. The van der Waals surface area contributed by atoms with Crippen LogP contribution in [0, 0.1) is 5.82 Å². The largest absolute Gasteiger partial charge is 0.386 e. The van der Waals surface area contributed by atoms with Gasteiger partial charge in [0.05, 0.1) is 6.20 Å². The Hall–Kier alpha value is -1.03. The number of hydrogen-bond donors (Lipinski definition) is 1. The Labute approximate surface area is 62.5 Å². The Morgan fingerprint density at radius 3 is 2.82 bits per heavy atom. The molecule has 2 nitrogen and oxygen atoms in total. The highest BCUT2D eigenvalue weighted by atomic mass is 19.1. The lowest BCUT2D eigenvalue weighted by Crippen LogP contribution is -2.00. The molecular formula is C7H7F2NO. The number of halogens is 2. The number of aliphatic hydroxyl groups is 1. The summed E-state index contributed by atoms with van der Waals surface area (Å²) in [6.45, 7) is -0.925. The number of pyridine rings is 1. The summed E-state index contributed by atoms with van der Waals surface area (Å²) in [5.74, 6) is -0.574. The van der Waals surface area contributed by atoms with E-state index in [1.807, 2.05) is 0 Å². The molecule has 0 fully saturated rings. The van der Waals surface area contributed by atoms with E-state index in [4.69, 9.17) is 5.11 Å². The van der Waals surface area contributed by atoms with Crippen molar-refractivity contribution >= 4 is 0 Å². The van der Waals surface area contributed by atoms with E-state index in [2.05, 4.69) is 4.98 Å². The first-order valence-corrected chi connectivity index (χ1v) is 3.08. The van der Waals surface area contributed by atoms with Gasteiger partial charge in [-0.1, -0.05) is 0 Å². The standard InChI is InChI=1S/C7H7F2NO/c8-2-7(11)5-1-6(9)4-10-3-5/h1,3-4,7,11H,2H2. The maximum Gasteiger partial charge on any atom is 0.141 e. The van der Waals surface area contributed by atoms with Crippen molar-refractivity contribution in [3.8, 4) is 0 Å². The van der Waals surface area contributed by atoms with Gasteiger partial charge in [-0.3, -0.25) is 4.98 Å². The minimum absolute atomic E-state index is 0.160. The molecule has 0 aliphatic carbocycles. The molecule has 1 heterocycles. The van der Waals surface area contributed by atoms with Crippen LogP contribution < -0.4 is 0 Å². The first kappa shape index (κ1) is 8.07. The Bertz CT molecular complexity index is 242. The fourth-order valence-corrected chi connectivity index (χ4v) is 0.700. The van der Waals surface area contributed by atoms with E-state index < -0.39 is 18.6 Å². The van der Waals surface area contributed by atoms with Gasteiger partial charge in [-0.2, -0.15) is 0 Å². The van der Waals surface area contributed by atoms with E-state index in [9.17, 15) is 8.78 Å². The number of rotatable bonds is 2. The van der Waals surface area contributed by atoms with Gasteiger partial charge in [0.2, 0.25) is 0 Å². The molecule has 1 aromatic rings. The molecule has 11 heavy (non-hydrogen) atoms. The molecule has 0 aliphatic rings. The highest BCUT2D eigenvalue weighted by Gasteiger charge is 2.06. The molecule has 1 aromatic heterocycles. The third-order valence-corrected chi connectivity index (χ3v) is 1.26. The maximum atomic E-state index is 12.4. The summed E-state index contributed by atoms with van der Waals surface area (Å²) < 4.78 is 24.2.